The molecule has 11 heteroatoms. The van der Waals surface area contributed by atoms with Gasteiger partial charge in [0.1, 0.15) is 6.10 Å². The van der Waals surface area contributed by atoms with Gasteiger partial charge in [-0.1, -0.05) is 59.7 Å². The molecule has 1 fully saturated rings. The lowest BCUT2D eigenvalue weighted by Crippen LogP contribution is -2.88. The summed E-state index contributed by atoms with van der Waals surface area (Å²) in [4.78, 5) is 65.3. The second-order valence-electron chi connectivity index (χ2n) is 10.6. The summed E-state index contributed by atoms with van der Waals surface area (Å²) < 4.78 is 5.56. The van der Waals surface area contributed by atoms with E-state index in [9.17, 15) is 44.4 Å². The Hall–Kier alpha value is -3.61. The SMILES string of the molecule is CC(=O)[C@]1(O)[C@@](O)(C(C)=O)[C@@H](C(=O)C(O)Cc2ccc(C)cc2)O[C@@H](NC(=O)Cc2ccc(C)cc2)[C@@]1(O)C(C)=O. The number of aliphatic hydroxyl groups excluding tert-OH is 1. The topological polar surface area (TPSA) is 188 Å². The number of amides is 1. The molecule has 220 valence electrons. The van der Waals surface area contributed by atoms with Crippen molar-refractivity contribution in [1.82, 2.24) is 5.32 Å². The Kier molecular flexibility index (Phi) is 9.11. The minimum absolute atomic E-state index is 0.293. The number of carbonyl (C=O) groups is 5. The number of rotatable bonds is 10. The first-order valence-corrected chi connectivity index (χ1v) is 13.0. The molecule has 11 nitrogen and oxygen atoms in total. The molecule has 1 unspecified atom stereocenters. The van der Waals surface area contributed by atoms with Gasteiger partial charge in [0.2, 0.25) is 17.1 Å². The minimum atomic E-state index is -3.67. The van der Waals surface area contributed by atoms with Crippen LogP contribution in [0.2, 0.25) is 0 Å². The van der Waals surface area contributed by atoms with Gasteiger partial charge in [0.15, 0.2) is 41.1 Å². The molecule has 1 heterocycles. The largest absolute Gasteiger partial charge is 0.385 e. The van der Waals surface area contributed by atoms with Crippen LogP contribution in [0.4, 0.5) is 0 Å². The average Bonchev–Trinajstić information content (AvgIpc) is 2.90. The summed E-state index contributed by atoms with van der Waals surface area (Å²) in [5.41, 5.74) is -7.74. The van der Waals surface area contributed by atoms with Crippen LogP contribution in [0.15, 0.2) is 48.5 Å². The van der Waals surface area contributed by atoms with E-state index in [0.29, 0.717) is 18.1 Å². The van der Waals surface area contributed by atoms with Crippen LogP contribution >= 0.6 is 0 Å². The number of hydrogen-bond acceptors (Lipinski definition) is 10. The number of Topliss-reactive ketones (excluding diaryl/α,β-unsaturated/α-hetero) is 4. The molecule has 1 amide bonds. The molecule has 2 aromatic rings. The first-order chi connectivity index (χ1) is 19.0. The molecule has 3 rings (SSSR count). The molecule has 0 bridgehead atoms. The van der Waals surface area contributed by atoms with Crippen LogP contribution in [-0.2, 0) is 41.6 Å². The van der Waals surface area contributed by atoms with Gasteiger partial charge >= 0.3 is 0 Å². The van der Waals surface area contributed by atoms with Crippen LogP contribution in [0.5, 0.6) is 0 Å². The van der Waals surface area contributed by atoms with Crippen LogP contribution in [0.25, 0.3) is 0 Å². The number of hydrogen-bond donors (Lipinski definition) is 5. The zero-order chi connectivity index (χ0) is 30.9. The monoisotopic (exact) mass is 569 g/mol. The number of carbonyl (C=O) groups excluding carboxylic acids is 5. The van der Waals surface area contributed by atoms with Crippen LogP contribution in [-0.4, -0.2) is 84.7 Å². The highest BCUT2D eigenvalue weighted by Gasteiger charge is 2.79. The van der Waals surface area contributed by atoms with Crippen LogP contribution < -0.4 is 5.32 Å². The fourth-order valence-corrected chi connectivity index (χ4v) is 5.14. The number of ketones is 4. The normalized spacial score (nSPS) is 28.4. The fourth-order valence-electron chi connectivity index (χ4n) is 5.14. The first kappa shape index (κ1) is 31.9. The molecule has 0 saturated carbocycles. The maximum Gasteiger partial charge on any atom is 0.226 e. The molecule has 2 aromatic carbocycles. The van der Waals surface area contributed by atoms with Crippen molar-refractivity contribution in [1.29, 1.82) is 0 Å². The molecule has 6 atom stereocenters. The average molecular weight is 570 g/mol. The lowest BCUT2D eigenvalue weighted by Gasteiger charge is -2.57. The van der Waals surface area contributed by atoms with Gasteiger partial charge < -0.3 is 30.5 Å². The Balaban J connectivity index is 2.09. The fraction of sp³-hybridized carbons (Fsp3) is 0.433. The van der Waals surface area contributed by atoms with E-state index in [-0.39, 0.29) is 12.8 Å². The van der Waals surface area contributed by atoms with E-state index in [1.807, 2.05) is 13.8 Å². The molecular formula is C30H35NO10. The Morgan fingerprint density at radius 2 is 1.24 bits per heavy atom. The van der Waals surface area contributed by atoms with E-state index < -0.39 is 64.3 Å². The number of ether oxygens (including phenoxy) is 1. The summed E-state index contributed by atoms with van der Waals surface area (Å²) in [5.74, 6) is -6.38. The van der Waals surface area contributed by atoms with Gasteiger partial charge in [-0.2, -0.15) is 0 Å². The van der Waals surface area contributed by atoms with Crippen molar-refractivity contribution in [3.8, 4) is 0 Å². The minimum Gasteiger partial charge on any atom is -0.385 e. The highest BCUT2D eigenvalue weighted by Crippen LogP contribution is 2.46. The molecule has 0 spiro atoms. The third kappa shape index (κ3) is 5.51. The Bertz CT molecular complexity index is 1350. The maximum atomic E-state index is 13.5. The van der Waals surface area contributed by atoms with Crippen molar-refractivity contribution in [3.63, 3.8) is 0 Å². The molecule has 1 saturated heterocycles. The van der Waals surface area contributed by atoms with Crippen molar-refractivity contribution in [2.24, 2.45) is 0 Å². The van der Waals surface area contributed by atoms with Gasteiger partial charge in [-0.05, 0) is 45.7 Å². The summed E-state index contributed by atoms with van der Waals surface area (Å²) in [5, 5.41) is 47.9. The number of benzene rings is 2. The highest BCUT2D eigenvalue weighted by molar-refractivity contribution is 6.09. The summed E-state index contributed by atoms with van der Waals surface area (Å²) in [6.07, 6.45) is -7.27. The van der Waals surface area contributed by atoms with Crippen LogP contribution in [0.1, 0.15) is 43.0 Å². The van der Waals surface area contributed by atoms with E-state index in [1.165, 1.54) is 0 Å². The van der Waals surface area contributed by atoms with Gasteiger partial charge in [0, 0.05) is 6.42 Å². The summed E-state index contributed by atoms with van der Waals surface area (Å²) in [6.45, 7) is 5.85. The second-order valence-corrected chi connectivity index (χ2v) is 10.6. The molecule has 1 aliphatic rings. The van der Waals surface area contributed by atoms with Crippen molar-refractivity contribution >= 4 is 29.0 Å². The molecule has 0 aromatic heterocycles. The van der Waals surface area contributed by atoms with Crippen LogP contribution in [0.3, 0.4) is 0 Å². The lowest BCUT2D eigenvalue weighted by atomic mass is 9.59. The molecule has 0 aliphatic carbocycles. The summed E-state index contributed by atoms with van der Waals surface area (Å²) >= 11 is 0. The molecular weight excluding hydrogens is 534 g/mol. The number of aliphatic hydroxyl groups is 4. The van der Waals surface area contributed by atoms with Crippen LogP contribution in [0, 0.1) is 13.8 Å². The molecule has 41 heavy (non-hydrogen) atoms. The molecule has 0 radical (unpaired) electrons. The van der Waals surface area contributed by atoms with E-state index in [4.69, 9.17) is 4.74 Å². The van der Waals surface area contributed by atoms with E-state index in [2.05, 4.69) is 5.32 Å². The zero-order valence-corrected chi connectivity index (χ0v) is 23.5. The Morgan fingerprint density at radius 3 is 1.68 bits per heavy atom. The van der Waals surface area contributed by atoms with Crippen molar-refractivity contribution in [2.45, 2.75) is 82.7 Å². The van der Waals surface area contributed by atoms with Gasteiger partial charge in [-0.3, -0.25) is 24.0 Å². The quantitative estimate of drug-likeness (QED) is 0.257. The van der Waals surface area contributed by atoms with Crippen molar-refractivity contribution in [3.05, 3.63) is 70.8 Å². The van der Waals surface area contributed by atoms with E-state index >= 15 is 0 Å². The first-order valence-electron chi connectivity index (χ1n) is 13.0. The third-order valence-electron chi connectivity index (χ3n) is 7.63. The lowest BCUT2D eigenvalue weighted by molar-refractivity contribution is -0.316. The summed E-state index contributed by atoms with van der Waals surface area (Å²) in [7, 11) is 0. The smallest absolute Gasteiger partial charge is 0.226 e. The van der Waals surface area contributed by atoms with Gasteiger partial charge in [0.05, 0.1) is 6.42 Å². The third-order valence-corrected chi connectivity index (χ3v) is 7.63. The zero-order valence-electron chi connectivity index (χ0n) is 23.5. The van der Waals surface area contributed by atoms with E-state index in [0.717, 1.165) is 25.0 Å². The van der Waals surface area contributed by atoms with Gasteiger partial charge in [0.25, 0.3) is 0 Å². The predicted molar refractivity (Wildman–Crippen MR) is 144 cm³/mol. The number of nitrogens with one attached hydrogen (secondary N) is 1. The Morgan fingerprint density at radius 1 is 0.780 bits per heavy atom. The van der Waals surface area contributed by atoms with E-state index in [1.54, 1.807) is 48.5 Å². The standard InChI is InChI=1S/C30H35NO10/c1-16-6-10-21(11-7-16)14-23(35)25(37)26-28(38,18(3)32)30(40,20(5)34)29(39,19(4)33)27(41-26)31-24(36)15-22-12-8-17(2)9-13-22/h6-13,23,26-27,35,38-40H,14-15H2,1-5H3,(H,31,36)/t23?,26-,27-,28-,29+,30+/m1/s1. The predicted octanol–water partition coefficient (Wildman–Crippen LogP) is -0.180. The second kappa shape index (κ2) is 11.7. The Labute approximate surface area is 237 Å². The molecule has 1 aliphatic heterocycles. The van der Waals surface area contributed by atoms with Crippen molar-refractivity contribution < 1.29 is 49.1 Å². The van der Waals surface area contributed by atoms with Crippen molar-refractivity contribution in [2.75, 3.05) is 0 Å². The molecule has 5 N–H and O–H groups in total. The summed E-state index contributed by atoms with van der Waals surface area (Å²) in [6, 6.07) is 13.5. The number of aryl methyl sites for hydroxylation is 2. The van der Waals surface area contributed by atoms with Gasteiger partial charge in [-0.25, -0.2) is 0 Å². The highest BCUT2D eigenvalue weighted by atomic mass is 16.6. The maximum absolute atomic E-state index is 13.5. The van der Waals surface area contributed by atoms with Gasteiger partial charge in [-0.15, -0.1) is 0 Å².